The molecule has 0 aliphatic heterocycles. The molecule has 11 heavy (non-hydrogen) atoms. The molecule has 1 heterocycles. The van der Waals surface area contributed by atoms with Crippen molar-refractivity contribution in [3.05, 3.63) is 22.7 Å². The Bertz CT molecular complexity index is 251. The number of hydrogen-bond donors (Lipinski definition) is 1. The maximum Gasteiger partial charge on any atom is 0.196 e. The maximum absolute atomic E-state index is 11.7. The number of alkyl halides is 1. The highest BCUT2D eigenvalue weighted by atomic mass is 32.1. The first-order valence-corrected chi connectivity index (χ1v) is 3.83. The Labute approximate surface area is 69.5 Å². The number of aromatic nitrogens is 2. The van der Waals surface area contributed by atoms with E-state index >= 15 is 0 Å². The average Bonchev–Trinajstić information content (AvgIpc) is 2.04. The van der Waals surface area contributed by atoms with Gasteiger partial charge in [-0.25, -0.2) is 4.98 Å². The van der Waals surface area contributed by atoms with Crippen LogP contribution in [-0.4, -0.2) is 16.6 Å². The number of aromatic amines is 1. The third-order valence-electron chi connectivity index (χ3n) is 1.33. The Morgan fingerprint density at radius 2 is 2.45 bits per heavy atom. The van der Waals surface area contributed by atoms with E-state index in [2.05, 4.69) is 9.97 Å². The number of aryl methyl sites for hydroxylation is 1. The van der Waals surface area contributed by atoms with Crippen LogP contribution in [0.2, 0.25) is 0 Å². The first kappa shape index (κ1) is 8.33. The van der Waals surface area contributed by atoms with Crippen LogP contribution in [0.25, 0.3) is 0 Å². The van der Waals surface area contributed by atoms with Gasteiger partial charge in [0.15, 0.2) is 4.77 Å². The molecule has 0 atom stereocenters. The molecular weight excluding hydrogens is 163 g/mol. The van der Waals surface area contributed by atoms with Gasteiger partial charge in [-0.1, -0.05) is 0 Å². The Morgan fingerprint density at radius 3 is 3.00 bits per heavy atom. The minimum Gasteiger partial charge on any atom is -0.337 e. The molecule has 0 spiro atoms. The van der Waals surface area contributed by atoms with Crippen LogP contribution in [0.3, 0.4) is 0 Å². The molecular formula is C7H9FN2S. The summed E-state index contributed by atoms with van der Waals surface area (Å²) in [5.41, 5.74) is 0.997. The predicted molar refractivity (Wildman–Crippen MR) is 43.7 cm³/mol. The van der Waals surface area contributed by atoms with Gasteiger partial charge >= 0.3 is 0 Å². The van der Waals surface area contributed by atoms with Gasteiger partial charge in [-0.05, 0) is 30.6 Å². The molecule has 1 aromatic heterocycles. The molecule has 0 radical (unpaired) electrons. The zero-order valence-corrected chi connectivity index (χ0v) is 6.83. The van der Waals surface area contributed by atoms with E-state index in [0.717, 1.165) is 12.0 Å². The fourth-order valence-corrected chi connectivity index (χ4v) is 0.890. The van der Waals surface area contributed by atoms with Crippen molar-refractivity contribution in [2.24, 2.45) is 0 Å². The first-order chi connectivity index (χ1) is 5.33. The van der Waals surface area contributed by atoms with Crippen molar-refractivity contribution in [2.75, 3.05) is 6.67 Å². The van der Waals surface area contributed by atoms with E-state index < -0.39 is 0 Å². The van der Waals surface area contributed by atoms with Crippen molar-refractivity contribution >= 4 is 12.2 Å². The fourth-order valence-electron chi connectivity index (χ4n) is 0.778. The normalized spacial score (nSPS) is 9.91. The molecule has 0 saturated heterocycles. The second-order valence-corrected chi connectivity index (χ2v) is 2.61. The smallest absolute Gasteiger partial charge is 0.196 e. The van der Waals surface area contributed by atoms with Gasteiger partial charge in [-0.2, -0.15) is 0 Å². The fraction of sp³-hybridized carbons (Fsp3) is 0.429. The molecule has 0 saturated carbocycles. The number of H-pyrrole nitrogens is 1. The van der Waals surface area contributed by atoms with Crippen molar-refractivity contribution < 1.29 is 4.39 Å². The lowest BCUT2D eigenvalue weighted by molar-refractivity contribution is 0.472. The van der Waals surface area contributed by atoms with Gasteiger partial charge in [-0.15, -0.1) is 0 Å². The molecule has 60 valence electrons. The van der Waals surface area contributed by atoms with Crippen LogP contribution < -0.4 is 0 Å². The number of nitrogens with one attached hydrogen (secondary N) is 1. The Hall–Kier alpha value is -0.770. The van der Waals surface area contributed by atoms with Gasteiger partial charge in [0.2, 0.25) is 0 Å². The van der Waals surface area contributed by atoms with Crippen molar-refractivity contribution in [1.82, 2.24) is 9.97 Å². The Morgan fingerprint density at radius 1 is 1.64 bits per heavy atom. The second kappa shape index (κ2) is 4.18. The lowest BCUT2D eigenvalue weighted by atomic mass is 10.2. The van der Waals surface area contributed by atoms with E-state index in [1.165, 1.54) is 0 Å². The van der Waals surface area contributed by atoms with Crippen LogP contribution in [-0.2, 0) is 6.42 Å². The lowest BCUT2D eigenvalue weighted by Gasteiger charge is -1.95. The molecule has 0 aromatic carbocycles. The first-order valence-electron chi connectivity index (χ1n) is 3.42. The SMILES string of the molecule is FCCCc1cnc(=S)[nH]c1. The van der Waals surface area contributed by atoms with Crippen LogP contribution in [0, 0.1) is 4.77 Å². The summed E-state index contributed by atoms with van der Waals surface area (Å²) < 4.78 is 12.2. The molecule has 0 aliphatic carbocycles. The van der Waals surface area contributed by atoms with E-state index in [-0.39, 0.29) is 6.67 Å². The average molecular weight is 172 g/mol. The molecule has 1 aromatic rings. The van der Waals surface area contributed by atoms with E-state index in [1.54, 1.807) is 12.4 Å². The molecule has 4 heteroatoms. The van der Waals surface area contributed by atoms with Crippen molar-refractivity contribution in [1.29, 1.82) is 0 Å². The standard InChI is InChI=1S/C7H9FN2S/c8-3-1-2-6-4-9-7(11)10-5-6/h4-5H,1-3H2,(H,9,10,11). The minimum absolute atomic E-state index is 0.282. The summed E-state index contributed by atoms with van der Waals surface area (Å²) in [4.78, 5) is 6.66. The molecule has 0 fully saturated rings. The van der Waals surface area contributed by atoms with E-state index in [1.807, 2.05) is 0 Å². The van der Waals surface area contributed by atoms with E-state index in [0.29, 0.717) is 11.2 Å². The zero-order chi connectivity index (χ0) is 8.10. The summed E-state index contributed by atoms with van der Waals surface area (Å²) in [7, 11) is 0. The quantitative estimate of drug-likeness (QED) is 0.707. The summed E-state index contributed by atoms with van der Waals surface area (Å²) in [5.74, 6) is 0. The van der Waals surface area contributed by atoms with Crippen molar-refractivity contribution in [3.63, 3.8) is 0 Å². The summed E-state index contributed by atoms with van der Waals surface area (Å²) in [6.45, 7) is -0.282. The lowest BCUT2D eigenvalue weighted by Crippen LogP contribution is -1.89. The Kier molecular flexibility index (Phi) is 3.16. The van der Waals surface area contributed by atoms with Crippen LogP contribution in [0.5, 0.6) is 0 Å². The number of rotatable bonds is 3. The topological polar surface area (TPSA) is 28.7 Å². The van der Waals surface area contributed by atoms with Crippen LogP contribution in [0.4, 0.5) is 4.39 Å². The summed E-state index contributed by atoms with van der Waals surface area (Å²) in [5, 5.41) is 0. The molecule has 0 bridgehead atoms. The number of nitrogens with zero attached hydrogens (tertiary/aromatic N) is 1. The van der Waals surface area contributed by atoms with Gasteiger partial charge in [0.05, 0.1) is 6.67 Å². The molecule has 2 nitrogen and oxygen atoms in total. The van der Waals surface area contributed by atoms with Gasteiger partial charge in [0, 0.05) is 12.4 Å². The third-order valence-corrected chi connectivity index (χ3v) is 1.55. The second-order valence-electron chi connectivity index (χ2n) is 2.22. The third kappa shape index (κ3) is 2.76. The molecule has 0 aliphatic rings. The van der Waals surface area contributed by atoms with Gasteiger partial charge in [-0.3, -0.25) is 4.39 Å². The van der Waals surface area contributed by atoms with Crippen molar-refractivity contribution in [2.45, 2.75) is 12.8 Å². The van der Waals surface area contributed by atoms with Crippen LogP contribution in [0.1, 0.15) is 12.0 Å². The monoisotopic (exact) mass is 172 g/mol. The predicted octanol–water partition coefficient (Wildman–Crippen LogP) is 2.04. The van der Waals surface area contributed by atoms with Crippen LogP contribution in [0.15, 0.2) is 12.4 Å². The minimum atomic E-state index is -0.282. The highest BCUT2D eigenvalue weighted by Gasteiger charge is 1.91. The van der Waals surface area contributed by atoms with Crippen LogP contribution >= 0.6 is 12.2 Å². The number of halogens is 1. The van der Waals surface area contributed by atoms with E-state index in [4.69, 9.17) is 12.2 Å². The maximum atomic E-state index is 11.7. The van der Waals surface area contributed by atoms with E-state index in [9.17, 15) is 4.39 Å². The van der Waals surface area contributed by atoms with Gasteiger partial charge in [0.25, 0.3) is 0 Å². The molecule has 0 amide bonds. The highest BCUT2D eigenvalue weighted by Crippen LogP contribution is 1.98. The highest BCUT2D eigenvalue weighted by molar-refractivity contribution is 7.71. The van der Waals surface area contributed by atoms with Gasteiger partial charge in [0.1, 0.15) is 0 Å². The largest absolute Gasteiger partial charge is 0.337 e. The number of hydrogen-bond acceptors (Lipinski definition) is 2. The Balaban J connectivity index is 2.59. The van der Waals surface area contributed by atoms with Gasteiger partial charge < -0.3 is 4.98 Å². The van der Waals surface area contributed by atoms with Crippen molar-refractivity contribution in [3.8, 4) is 0 Å². The summed E-state index contributed by atoms with van der Waals surface area (Å²) >= 11 is 4.74. The summed E-state index contributed by atoms with van der Waals surface area (Å²) in [6, 6.07) is 0. The molecule has 1 N–H and O–H groups in total. The molecule has 1 rings (SSSR count). The summed E-state index contributed by atoms with van der Waals surface area (Å²) in [6.07, 6.45) is 4.71. The molecule has 0 unspecified atom stereocenters. The zero-order valence-electron chi connectivity index (χ0n) is 6.01.